The van der Waals surface area contributed by atoms with Crippen molar-refractivity contribution < 1.29 is 23.9 Å². The van der Waals surface area contributed by atoms with Crippen molar-refractivity contribution in [3.63, 3.8) is 0 Å². The summed E-state index contributed by atoms with van der Waals surface area (Å²) in [6, 6.07) is -0.648. The third-order valence-corrected chi connectivity index (χ3v) is 9.87. The molecule has 7 nitrogen and oxygen atoms in total. The number of Topliss-reactive ketones (excluding diaryl/α,β-unsaturated/α-hetero) is 1. The smallest absolute Gasteiger partial charge is 0.306 e. The van der Waals surface area contributed by atoms with Gasteiger partial charge in [-0.25, -0.2) is 0 Å². The lowest BCUT2D eigenvalue weighted by Gasteiger charge is -2.19. The zero-order valence-corrected chi connectivity index (χ0v) is 31.0. The number of ether oxygens (including phenoxy) is 2. The van der Waals surface area contributed by atoms with Gasteiger partial charge in [-0.1, -0.05) is 162 Å². The van der Waals surface area contributed by atoms with Crippen LogP contribution >= 0.6 is 11.8 Å². The summed E-state index contributed by atoms with van der Waals surface area (Å²) in [6.07, 6.45) is 31.5. The van der Waals surface area contributed by atoms with E-state index in [9.17, 15) is 14.4 Å². The Morgan fingerprint density at radius 2 is 0.913 bits per heavy atom. The summed E-state index contributed by atoms with van der Waals surface area (Å²) in [5.74, 6) is 0.104. The molecule has 0 aliphatic heterocycles. The molecule has 0 saturated heterocycles. The van der Waals surface area contributed by atoms with E-state index in [1.165, 1.54) is 134 Å². The number of esters is 2. The zero-order valence-electron chi connectivity index (χ0n) is 30.2. The van der Waals surface area contributed by atoms with Crippen molar-refractivity contribution in [2.24, 2.45) is 11.5 Å². The van der Waals surface area contributed by atoms with Gasteiger partial charge >= 0.3 is 11.9 Å². The van der Waals surface area contributed by atoms with Crippen molar-refractivity contribution in [1.29, 1.82) is 0 Å². The van der Waals surface area contributed by atoms with Gasteiger partial charge in [-0.2, -0.15) is 11.8 Å². The Hall–Kier alpha value is -1.12. The van der Waals surface area contributed by atoms with Crippen LogP contribution in [-0.2, 0) is 23.9 Å². The Morgan fingerprint density at radius 1 is 0.543 bits per heavy atom. The van der Waals surface area contributed by atoms with Crippen LogP contribution in [0.4, 0.5) is 0 Å². The van der Waals surface area contributed by atoms with Gasteiger partial charge in [0.05, 0.1) is 12.6 Å². The van der Waals surface area contributed by atoms with E-state index >= 15 is 0 Å². The summed E-state index contributed by atoms with van der Waals surface area (Å²) in [5.41, 5.74) is 11.3. The molecule has 0 aromatic rings. The van der Waals surface area contributed by atoms with Gasteiger partial charge in [-0.15, -0.1) is 0 Å². The summed E-state index contributed by atoms with van der Waals surface area (Å²) in [6.45, 7) is 4.46. The molecule has 0 fully saturated rings. The first kappa shape index (κ1) is 44.9. The molecule has 0 radical (unpaired) electrons. The highest BCUT2D eigenvalue weighted by molar-refractivity contribution is 7.99. The number of carbonyl (C=O) groups is 3. The van der Waals surface area contributed by atoms with Crippen molar-refractivity contribution in [1.82, 2.24) is 0 Å². The summed E-state index contributed by atoms with van der Waals surface area (Å²) < 4.78 is 11.2. The average Bonchev–Trinajstić information content (AvgIpc) is 3.05. The molecule has 8 heteroatoms. The minimum Gasteiger partial charge on any atom is -0.462 e. The van der Waals surface area contributed by atoms with Gasteiger partial charge in [-0.3, -0.25) is 14.4 Å². The molecule has 272 valence electrons. The SMILES string of the molecule is CCCCCCCCCCCCCCCC(=O)OCC(CSCC(N)C(=O)CN)OC(=O)CCCCCCCCCCCCCC. The molecule has 46 heavy (non-hydrogen) atoms. The number of hydrogen-bond donors (Lipinski definition) is 2. The maximum Gasteiger partial charge on any atom is 0.306 e. The van der Waals surface area contributed by atoms with Crippen LogP contribution < -0.4 is 11.5 Å². The molecule has 0 aliphatic carbocycles. The fourth-order valence-corrected chi connectivity index (χ4v) is 6.59. The molecular weight excluding hydrogens is 596 g/mol. The minimum atomic E-state index is -0.648. The molecule has 0 aromatic carbocycles. The predicted octanol–water partition coefficient (Wildman–Crippen LogP) is 9.60. The van der Waals surface area contributed by atoms with Crippen LogP contribution in [0.15, 0.2) is 0 Å². The van der Waals surface area contributed by atoms with E-state index in [2.05, 4.69) is 13.8 Å². The first-order valence-corrected chi connectivity index (χ1v) is 20.5. The Kier molecular flexibility index (Phi) is 34.3. The molecule has 0 aliphatic rings. The summed E-state index contributed by atoms with van der Waals surface area (Å²) in [4.78, 5) is 36.7. The second-order valence-corrected chi connectivity index (χ2v) is 14.3. The molecule has 0 spiro atoms. The van der Waals surface area contributed by atoms with E-state index in [0.717, 1.165) is 38.5 Å². The monoisotopic (exact) mass is 671 g/mol. The standard InChI is InChI=1S/C38H74N2O5S/c1-3-5-7-9-11-13-15-17-19-20-22-24-26-28-37(42)44-31-34(32-46-33-35(40)36(41)30-39)45-38(43)29-27-25-23-21-18-16-14-12-10-8-6-4-2/h34-35H,3-33,39-40H2,1-2H3. The van der Waals surface area contributed by atoms with Gasteiger partial charge in [0.25, 0.3) is 0 Å². The fraction of sp³-hybridized carbons (Fsp3) is 0.921. The van der Waals surface area contributed by atoms with Crippen molar-refractivity contribution >= 4 is 29.5 Å². The van der Waals surface area contributed by atoms with Crippen LogP contribution in [0.1, 0.15) is 187 Å². The maximum atomic E-state index is 12.6. The Balaban J connectivity index is 4.15. The van der Waals surface area contributed by atoms with Gasteiger partial charge in [0, 0.05) is 24.3 Å². The Labute approximate surface area is 288 Å². The van der Waals surface area contributed by atoms with Crippen LogP contribution in [0.25, 0.3) is 0 Å². The first-order valence-electron chi connectivity index (χ1n) is 19.4. The van der Waals surface area contributed by atoms with Crippen LogP contribution in [-0.4, -0.2) is 54.5 Å². The van der Waals surface area contributed by atoms with Crippen LogP contribution in [0.2, 0.25) is 0 Å². The number of thioether (sulfide) groups is 1. The third kappa shape index (κ3) is 31.5. The van der Waals surface area contributed by atoms with Crippen molar-refractivity contribution in [2.45, 2.75) is 199 Å². The van der Waals surface area contributed by atoms with E-state index < -0.39 is 12.1 Å². The summed E-state index contributed by atoms with van der Waals surface area (Å²) in [5, 5.41) is 0. The lowest BCUT2D eigenvalue weighted by molar-refractivity contribution is -0.157. The van der Waals surface area contributed by atoms with E-state index in [0.29, 0.717) is 24.3 Å². The number of unbranched alkanes of at least 4 members (excludes halogenated alkanes) is 23. The first-order chi connectivity index (χ1) is 22.4. The quantitative estimate of drug-likeness (QED) is 0.0499. The Morgan fingerprint density at radius 3 is 1.30 bits per heavy atom. The highest BCUT2D eigenvalue weighted by Crippen LogP contribution is 2.16. The lowest BCUT2D eigenvalue weighted by Crippen LogP contribution is -2.38. The molecule has 2 atom stereocenters. The second-order valence-electron chi connectivity index (χ2n) is 13.2. The topological polar surface area (TPSA) is 122 Å². The number of carbonyl (C=O) groups excluding carboxylic acids is 3. The molecule has 0 heterocycles. The third-order valence-electron chi connectivity index (χ3n) is 8.66. The van der Waals surface area contributed by atoms with E-state index in [1.54, 1.807) is 0 Å². The van der Waals surface area contributed by atoms with Gasteiger partial charge in [-0.05, 0) is 12.8 Å². The molecule has 0 bridgehead atoms. The number of ketones is 1. The molecule has 0 aromatic heterocycles. The van der Waals surface area contributed by atoms with Crippen LogP contribution in [0.5, 0.6) is 0 Å². The largest absolute Gasteiger partial charge is 0.462 e. The minimum absolute atomic E-state index is 0.0362. The maximum absolute atomic E-state index is 12.6. The van der Waals surface area contributed by atoms with Crippen molar-refractivity contribution in [3.8, 4) is 0 Å². The molecule has 2 unspecified atom stereocenters. The molecule has 0 amide bonds. The van der Waals surface area contributed by atoms with Crippen LogP contribution in [0, 0.1) is 0 Å². The molecular formula is C38H74N2O5S. The fourth-order valence-electron chi connectivity index (χ4n) is 5.59. The van der Waals surface area contributed by atoms with Gasteiger partial charge in [0.1, 0.15) is 12.7 Å². The summed E-state index contributed by atoms with van der Waals surface area (Å²) >= 11 is 1.42. The number of nitrogens with two attached hydrogens (primary N) is 2. The van der Waals surface area contributed by atoms with Crippen LogP contribution in [0.3, 0.4) is 0 Å². The Bertz CT molecular complexity index is 709. The van der Waals surface area contributed by atoms with Gasteiger partial charge in [0.15, 0.2) is 5.78 Å². The normalized spacial score (nSPS) is 12.6. The molecule has 0 saturated carbocycles. The zero-order chi connectivity index (χ0) is 33.9. The van der Waals surface area contributed by atoms with Crippen molar-refractivity contribution in [3.05, 3.63) is 0 Å². The summed E-state index contributed by atoms with van der Waals surface area (Å²) in [7, 11) is 0. The average molecular weight is 671 g/mol. The highest BCUT2D eigenvalue weighted by Gasteiger charge is 2.19. The van der Waals surface area contributed by atoms with Gasteiger partial charge < -0.3 is 20.9 Å². The second kappa shape index (κ2) is 35.2. The predicted molar refractivity (Wildman–Crippen MR) is 196 cm³/mol. The number of rotatable bonds is 36. The van der Waals surface area contributed by atoms with Crippen molar-refractivity contribution in [2.75, 3.05) is 24.7 Å². The van der Waals surface area contributed by atoms with E-state index in [-0.39, 0.29) is 30.9 Å². The van der Waals surface area contributed by atoms with E-state index in [1.807, 2.05) is 0 Å². The lowest BCUT2D eigenvalue weighted by atomic mass is 10.0. The molecule has 4 N–H and O–H groups in total. The number of hydrogen-bond acceptors (Lipinski definition) is 8. The molecule has 0 rings (SSSR count). The van der Waals surface area contributed by atoms with Gasteiger partial charge in [0.2, 0.25) is 0 Å². The van der Waals surface area contributed by atoms with E-state index in [4.69, 9.17) is 20.9 Å². The highest BCUT2D eigenvalue weighted by atomic mass is 32.2.